The monoisotopic (exact) mass is 274 g/mol. The minimum absolute atomic E-state index is 0.366. The summed E-state index contributed by atoms with van der Waals surface area (Å²) >= 11 is 0. The summed E-state index contributed by atoms with van der Waals surface area (Å²) in [5.41, 5.74) is -4.63. The fraction of sp³-hybridized carbons (Fsp3) is 0.200. The minimum Gasteiger partial charge on any atom is -0.465 e. The first-order chi connectivity index (χ1) is 8.73. The number of hydrogen-bond acceptors (Lipinski definition) is 5. The first-order valence-corrected chi connectivity index (χ1v) is 4.61. The molecule has 0 aliphatic carbocycles. The molecule has 1 rings (SSSR count). The van der Waals surface area contributed by atoms with Gasteiger partial charge in [-0.3, -0.25) is 10.1 Å². The van der Waals surface area contributed by atoms with Crippen LogP contribution in [-0.4, -0.2) is 18.0 Å². The number of rotatable bonds is 2. The second-order valence-electron chi connectivity index (χ2n) is 3.24. The Balaban J connectivity index is 3.73. The Hall–Kier alpha value is -2.63. The molecule has 0 aliphatic heterocycles. The number of nitro groups is 1. The van der Waals surface area contributed by atoms with E-state index in [9.17, 15) is 28.1 Å². The van der Waals surface area contributed by atoms with Gasteiger partial charge < -0.3 is 4.74 Å². The van der Waals surface area contributed by atoms with Gasteiger partial charge in [0.1, 0.15) is 17.2 Å². The molecule has 0 spiro atoms. The minimum atomic E-state index is -5.01. The Kier molecular flexibility index (Phi) is 3.75. The van der Waals surface area contributed by atoms with Crippen molar-refractivity contribution in [3.63, 3.8) is 0 Å². The van der Waals surface area contributed by atoms with Crippen molar-refractivity contribution in [2.45, 2.75) is 6.18 Å². The Bertz CT molecular complexity index is 590. The van der Waals surface area contributed by atoms with Crippen molar-refractivity contribution < 1.29 is 27.6 Å². The number of nitrogens with zero attached hydrogens (tertiary/aromatic N) is 2. The van der Waals surface area contributed by atoms with Gasteiger partial charge in [0.25, 0.3) is 5.69 Å². The van der Waals surface area contributed by atoms with Crippen LogP contribution in [-0.2, 0) is 10.9 Å². The van der Waals surface area contributed by atoms with Gasteiger partial charge in [-0.25, -0.2) is 4.79 Å². The molecule has 19 heavy (non-hydrogen) atoms. The number of carbonyl (C=O) groups excluding carboxylic acids is 1. The van der Waals surface area contributed by atoms with E-state index in [1.165, 1.54) is 6.07 Å². The van der Waals surface area contributed by atoms with Crippen molar-refractivity contribution in [3.05, 3.63) is 38.9 Å². The standard InChI is InChI=1S/C10H5F3N2O4/c1-19-9(16)5-2-3-7(10(11,12)13)8(15(17)18)6(5)4-14/h2-3H,1H3. The molecule has 0 heterocycles. The van der Waals surface area contributed by atoms with Crippen molar-refractivity contribution in [3.8, 4) is 6.07 Å². The molecule has 6 nitrogen and oxygen atoms in total. The van der Waals surface area contributed by atoms with E-state index >= 15 is 0 Å². The summed E-state index contributed by atoms with van der Waals surface area (Å²) in [6.07, 6.45) is -5.01. The van der Waals surface area contributed by atoms with Crippen LogP contribution in [0.3, 0.4) is 0 Å². The van der Waals surface area contributed by atoms with E-state index in [1.807, 2.05) is 0 Å². The number of esters is 1. The molecule has 0 aliphatic rings. The maximum atomic E-state index is 12.6. The highest BCUT2D eigenvalue weighted by Gasteiger charge is 2.41. The van der Waals surface area contributed by atoms with Crippen LogP contribution in [0, 0.1) is 21.4 Å². The van der Waals surface area contributed by atoms with Crippen molar-refractivity contribution in [1.82, 2.24) is 0 Å². The summed E-state index contributed by atoms with van der Waals surface area (Å²) in [6.45, 7) is 0. The lowest BCUT2D eigenvalue weighted by Gasteiger charge is -2.10. The maximum Gasteiger partial charge on any atom is 0.423 e. The third-order valence-corrected chi connectivity index (χ3v) is 2.18. The second kappa shape index (κ2) is 4.93. The lowest BCUT2D eigenvalue weighted by atomic mass is 10.0. The molecule has 9 heteroatoms. The zero-order chi connectivity index (χ0) is 14.8. The summed E-state index contributed by atoms with van der Waals surface area (Å²) in [6, 6.07) is 2.26. The van der Waals surface area contributed by atoms with Gasteiger partial charge in [0, 0.05) is 0 Å². The number of hydrogen-bond donors (Lipinski definition) is 0. The van der Waals surface area contributed by atoms with E-state index in [4.69, 9.17) is 5.26 Å². The van der Waals surface area contributed by atoms with Crippen LogP contribution in [0.1, 0.15) is 21.5 Å². The molecule has 0 N–H and O–H groups in total. The summed E-state index contributed by atoms with van der Waals surface area (Å²) in [5, 5.41) is 19.5. The molecule has 0 bridgehead atoms. The first kappa shape index (κ1) is 14.4. The molecule has 100 valence electrons. The third-order valence-electron chi connectivity index (χ3n) is 2.18. The van der Waals surface area contributed by atoms with Crippen molar-refractivity contribution in [2.75, 3.05) is 7.11 Å². The molecular formula is C10H5F3N2O4. The van der Waals surface area contributed by atoms with Gasteiger partial charge in [-0.05, 0) is 12.1 Å². The number of alkyl halides is 3. The first-order valence-electron chi connectivity index (χ1n) is 4.61. The van der Waals surface area contributed by atoms with E-state index < -0.39 is 39.4 Å². The van der Waals surface area contributed by atoms with Crippen LogP contribution < -0.4 is 0 Å². The van der Waals surface area contributed by atoms with E-state index in [0.29, 0.717) is 12.1 Å². The van der Waals surface area contributed by atoms with Gasteiger partial charge in [-0.1, -0.05) is 0 Å². The summed E-state index contributed by atoms with van der Waals surface area (Å²) < 4.78 is 42.1. The topological polar surface area (TPSA) is 93.2 Å². The Labute approximate surface area is 104 Å². The van der Waals surface area contributed by atoms with Crippen LogP contribution in [0.15, 0.2) is 12.1 Å². The second-order valence-corrected chi connectivity index (χ2v) is 3.24. The highest BCUT2D eigenvalue weighted by atomic mass is 19.4. The van der Waals surface area contributed by atoms with Crippen LogP contribution in [0.4, 0.5) is 18.9 Å². The van der Waals surface area contributed by atoms with E-state index in [2.05, 4.69) is 4.74 Å². The lowest BCUT2D eigenvalue weighted by molar-refractivity contribution is -0.388. The largest absolute Gasteiger partial charge is 0.465 e. The van der Waals surface area contributed by atoms with Crippen LogP contribution in [0.25, 0.3) is 0 Å². The zero-order valence-electron chi connectivity index (χ0n) is 9.32. The van der Waals surface area contributed by atoms with E-state index in [-0.39, 0.29) is 0 Å². The highest BCUT2D eigenvalue weighted by molar-refractivity contribution is 5.94. The number of carbonyl (C=O) groups is 1. The third kappa shape index (κ3) is 2.62. The average Bonchev–Trinajstić information content (AvgIpc) is 2.34. The SMILES string of the molecule is COC(=O)c1ccc(C(F)(F)F)c([N+](=O)[O-])c1C#N. The van der Waals surface area contributed by atoms with E-state index in [1.54, 1.807) is 0 Å². The number of ether oxygens (including phenoxy) is 1. The Morgan fingerprint density at radius 1 is 1.47 bits per heavy atom. The predicted molar refractivity (Wildman–Crippen MR) is 54.2 cm³/mol. The highest BCUT2D eigenvalue weighted by Crippen LogP contribution is 2.38. The van der Waals surface area contributed by atoms with Crippen molar-refractivity contribution in [2.24, 2.45) is 0 Å². The van der Waals surface area contributed by atoms with Gasteiger partial charge in [0.05, 0.1) is 17.6 Å². The number of nitro benzene ring substituents is 1. The van der Waals surface area contributed by atoms with Crippen LogP contribution >= 0.6 is 0 Å². The maximum absolute atomic E-state index is 12.6. The fourth-order valence-corrected chi connectivity index (χ4v) is 1.40. The summed E-state index contributed by atoms with van der Waals surface area (Å²) in [4.78, 5) is 20.6. The molecule has 0 aromatic heterocycles. The molecule has 0 fully saturated rings. The number of methoxy groups -OCH3 is 1. The van der Waals surface area contributed by atoms with Crippen LogP contribution in [0.5, 0.6) is 0 Å². The number of halogens is 3. The van der Waals surface area contributed by atoms with Gasteiger partial charge in [-0.15, -0.1) is 0 Å². The Morgan fingerprint density at radius 2 is 2.05 bits per heavy atom. The van der Waals surface area contributed by atoms with Gasteiger partial charge in [0.2, 0.25) is 0 Å². The van der Waals surface area contributed by atoms with Gasteiger partial charge >= 0.3 is 12.1 Å². The Morgan fingerprint density at radius 3 is 2.42 bits per heavy atom. The smallest absolute Gasteiger partial charge is 0.423 e. The van der Waals surface area contributed by atoms with Crippen molar-refractivity contribution >= 4 is 11.7 Å². The van der Waals surface area contributed by atoms with Gasteiger partial charge in [-0.2, -0.15) is 18.4 Å². The molecule has 0 atom stereocenters. The zero-order valence-corrected chi connectivity index (χ0v) is 9.32. The molecule has 0 saturated carbocycles. The molecule has 0 unspecified atom stereocenters. The van der Waals surface area contributed by atoms with Crippen LogP contribution in [0.2, 0.25) is 0 Å². The average molecular weight is 274 g/mol. The number of nitriles is 1. The summed E-state index contributed by atoms with van der Waals surface area (Å²) in [7, 11) is 0.937. The molecule has 1 aromatic carbocycles. The molecule has 1 aromatic rings. The lowest BCUT2D eigenvalue weighted by Crippen LogP contribution is -2.13. The normalized spacial score (nSPS) is 10.7. The predicted octanol–water partition coefficient (Wildman–Crippen LogP) is 2.27. The molecule has 0 amide bonds. The van der Waals surface area contributed by atoms with E-state index in [0.717, 1.165) is 7.11 Å². The fourth-order valence-electron chi connectivity index (χ4n) is 1.40. The molecule has 0 saturated heterocycles. The van der Waals surface area contributed by atoms with Crippen molar-refractivity contribution in [1.29, 1.82) is 5.26 Å². The molecule has 0 radical (unpaired) electrons. The summed E-state index contributed by atoms with van der Waals surface area (Å²) in [5.74, 6) is -1.13. The molecular weight excluding hydrogens is 269 g/mol. The van der Waals surface area contributed by atoms with Gasteiger partial charge in [0.15, 0.2) is 0 Å². The number of benzene rings is 1. The quantitative estimate of drug-likeness (QED) is 0.468.